The third-order valence-electron chi connectivity index (χ3n) is 6.62. The molecule has 0 unspecified atom stereocenters. The van der Waals surface area contributed by atoms with Crippen molar-refractivity contribution in [1.29, 1.82) is 0 Å². The lowest BCUT2D eigenvalue weighted by molar-refractivity contribution is -0.137. The highest BCUT2D eigenvalue weighted by atomic mass is 19.4. The molecule has 0 aliphatic carbocycles. The fourth-order valence-electron chi connectivity index (χ4n) is 4.36. The number of halogens is 3. The van der Waals surface area contributed by atoms with E-state index in [9.17, 15) is 27.6 Å². The topological polar surface area (TPSA) is 115 Å². The van der Waals surface area contributed by atoms with Crippen LogP contribution in [0.25, 0.3) is 0 Å². The number of hydrogen-bond acceptors (Lipinski definition) is 6. The normalized spacial score (nSPS) is 14.1. The molecule has 3 aromatic rings. The zero-order valence-corrected chi connectivity index (χ0v) is 21.3. The van der Waals surface area contributed by atoms with Gasteiger partial charge in [-0.3, -0.25) is 19.4 Å². The molecule has 1 fully saturated rings. The molecule has 0 atom stereocenters. The van der Waals surface area contributed by atoms with E-state index < -0.39 is 29.3 Å². The van der Waals surface area contributed by atoms with Crippen LogP contribution in [0.5, 0.6) is 11.5 Å². The third kappa shape index (κ3) is 6.36. The van der Waals surface area contributed by atoms with Crippen LogP contribution in [0.3, 0.4) is 0 Å². The minimum atomic E-state index is -4.63. The standard InChI is InChI=1S/C28H27F3N4O4/c1-16-10-13-35(14-11-16)22-8-5-19(15-21(22)28(29,30)31)34-27(38)25(36)18-3-6-20(7-4-18)39-23-9-12-33-24(17(23)2)26(32)37/h3-9,12,15-16H,10-11,13-14H2,1-2H3,(H2,32,37)(H,34,38). The summed E-state index contributed by atoms with van der Waals surface area (Å²) in [6.45, 7) is 4.72. The number of nitrogens with two attached hydrogens (primary N) is 1. The van der Waals surface area contributed by atoms with Crippen LogP contribution in [-0.4, -0.2) is 35.7 Å². The lowest BCUT2D eigenvalue weighted by Crippen LogP contribution is -2.34. The van der Waals surface area contributed by atoms with Gasteiger partial charge >= 0.3 is 6.18 Å². The van der Waals surface area contributed by atoms with Crippen molar-refractivity contribution in [3.8, 4) is 11.5 Å². The highest BCUT2D eigenvalue weighted by Crippen LogP contribution is 2.39. The van der Waals surface area contributed by atoms with E-state index in [1.165, 1.54) is 42.6 Å². The van der Waals surface area contributed by atoms with Crippen molar-refractivity contribution >= 4 is 29.0 Å². The summed E-state index contributed by atoms with van der Waals surface area (Å²) in [5.41, 5.74) is 4.86. The number of nitrogens with one attached hydrogen (secondary N) is 1. The highest BCUT2D eigenvalue weighted by Gasteiger charge is 2.36. The predicted octanol–water partition coefficient (Wildman–Crippen LogP) is 5.36. The van der Waals surface area contributed by atoms with E-state index in [4.69, 9.17) is 10.5 Å². The second-order valence-corrected chi connectivity index (χ2v) is 9.46. The molecule has 2 amide bonds. The number of piperidine rings is 1. The van der Waals surface area contributed by atoms with Crippen LogP contribution in [-0.2, 0) is 11.0 Å². The second-order valence-electron chi connectivity index (χ2n) is 9.46. The molecule has 0 spiro atoms. The Morgan fingerprint density at radius 3 is 2.33 bits per heavy atom. The smallest absolute Gasteiger partial charge is 0.418 e. The van der Waals surface area contributed by atoms with Gasteiger partial charge in [0.15, 0.2) is 0 Å². The highest BCUT2D eigenvalue weighted by molar-refractivity contribution is 6.46. The fraction of sp³-hybridized carbons (Fsp3) is 0.286. The number of carbonyl (C=O) groups is 3. The van der Waals surface area contributed by atoms with Gasteiger partial charge in [0.05, 0.1) is 5.56 Å². The lowest BCUT2D eigenvalue weighted by atomic mass is 9.98. The summed E-state index contributed by atoms with van der Waals surface area (Å²) in [7, 11) is 0. The zero-order chi connectivity index (χ0) is 28.3. The molecular formula is C28H27F3N4O4. The van der Waals surface area contributed by atoms with Crippen LogP contribution in [0, 0.1) is 12.8 Å². The largest absolute Gasteiger partial charge is 0.457 e. The Hall–Kier alpha value is -4.41. The first-order valence-electron chi connectivity index (χ1n) is 12.3. The molecule has 8 nitrogen and oxygen atoms in total. The number of anilines is 2. The quantitative estimate of drug-likeness (QED) is 0.308. The maximum Gasteiger partial charge on any atom is 0.418 e. The number of ketones is 1. The molecule has 2 aromatic carbocycles. The summed E-state index contributed by atoms with van der Waals surface area (Å²) in [6.07, 6.45) is -1.67. The molecule has 4 rings (SSSR count). The average molecular weight is 541 g/mol. The summed E-state index contributed by atoms with van der Waals surface area (Å²) in [5.74, 6) is -1.61. The van der Waals surface area contributed by atoms with Gasteiger partial charge in [-0.2, -0.15) is 13.2 Å². The van der Waals surface area contributed by atoms with Gasteiger partial charge in [-0.15, -0.1) is 0 Å². The Kier molecular flexibility index (Phi) is 7.89. The number of primary amides is 1. The van der Waals surface area contributed by atoms with Gasteiger partial charge in [0, 0.05) is 41.8 Å². The van der Waals surface area contributed by atoms with E-state index in [0.717, 1.165) is 18.9 Å². The van der Waals surface area contributed by atoms with Crippen molar-refractivity contribution in [2.24, 2.45) is 11.7 Å². The number of carbonyl (C=O) groups excluding carboxylic acids is 3. The van der Waals surface area contributed by atoms with Crippen molar-refractivity contribution in [2.45, 2.75) is 32.9 Å². The van der Waals surface area contributed by atoms with Gasteiger partial charge in [0.1, 0.15) is 17.2 Å². The Labute approximate surface area is 223 Å². The molecule has 0 bridgehead atoms. The molecule has 1 saturated heterocycles. The molecule has 1 aliphatic heterocycles. The van der Waals surface area contributed by atoms with Crippen LogP contribution in [0.1, 0.15) is 51.7 Å². The number of nitrogens with zero attached hydrogens (tertiary/aromatic N) is 2. The minimum Gasteiger partial charge on any atom is -0.457 e. The molecular weight excluding hydrogens is 513 g/mol. The third-order valence-corrected chi connectivity index (χ3v) is 6.62. The molecule has 2 heterocycles. The molecule has 0 saturated carbocycles. The van der Waals surface area contributed by atoms with Crippen molar-refractivity contribution < 1.29 is 32.3 Å². The maximum absolute atomic E-state index is 13.9. The molecule has 11 heteroatoms. The number of aromatic nitrogens is 1. The van der Waals surface area contributed by atoms with E-state index in [1.807, 2.05) is 0 Å². The van der Waals surface area contributed by atoms with Crippen LogP contribution >= 0.6 is 0 Å². The summed E-state index contributed by atoms with van der Waals surface area (Å²) < 4.78 is 47.3. The number of pyridine rings is 1. The Morgan fingerprint density at radius 2 is 1.72 bits per heavy atom. The molecule has 204 valence electrons. The van der Waals surface area contributed by atoms with Crippen molar-refractivity contribution in [3.05, 3.63) is 77.1 Å². The summed E-state index contributed by atoms with van der Waals surface area (Å²) >= 11 is 0. The Balaban J connectivity index is 1.46. The first-order valence-corrected chi connectivity index (χ1v) is 12.3. The van der Waals surface area contributed by atoms with Gasteiger partial charge in [-0.1, -0.05) is 6.92 Å². The monoisotopic (exact) mass is 540 g/mol. The van der Waals surface area contributed by atoms with Crippen LogP contribution in [0.4, 0.5) is 24.5 Å². The van der Waals surface area contributed by atoms with Crippen molar-refractivity contribution in [3.63, 3.8) is 0 Å². The zero-order valence-electron chi connectivity index (χ0n) is 21.3. The van der Waals surface area contributed by atoms with E-state index in [2.05, 4.69) is 17.2 Å². The molecule has 1 aromatic heterocycles. The van der Waals surface area contributed by atoms with Crippen LogP contribution < -0.4 is 20.7 Å². The lowest BCUT2D eigenvalue weighted by Gasteiger charge is -2.34. The summed E-state index contributed by atoms with van der Waals surface area (Å²) in [6, 6.07) is 10.7. The summed E-state index contributed by atoms with van der Waals surface area (Å²) in [5, 5.41) is 2.28. The van der Waals surface area contributed by atoms with Crippen molar-refractivity contribution in [1.82, 2.24) is 4.98 Å². The van der Waals surface area contributed by atoms with E-state index in [1.54, 1.807) is 17.9 Å². The second kappa shape index (κ2) is 11.1. The van der Waals surface area contributed by atoms with Crippen molar-refractivity contribution in [2.75, 3.05) is 23.3 Å². The number of amides is 2. The summed E-state index contributed by atoms with van der Waals surface area (Å²) in [4.78, 5) is 42.4. The van der Waals surface area contributed by atoms with E-state index >= 15 is 0 Å². The predicted molar refractivity (Wildman–Crippen MR) is 139 cm³/mol. The van der Waals surface area contributed by atoms with Crippen LogP contribution in [0.2, 0.25) is 0 Å². The number of ether oxygens (including phenoxy) is 1. The average Bonchev–Trinajstić information content (AvgIpc) is 2.89. The molecule has 39 heavy (non-hydrogen) atoms. The molecule has 1 aliphatic rings. The number of alkyl halides is 3. The maximum atomic E-state index is 13.9. The molecule has 3 N–H and O–H groups in total. The van der Waals surface area contributed by atoms with E-state index in [-0.39, 0.29) is 22.6 Å². The van der Waals surface area contributed by atoms with Gasteiger partial charge < -0.3 is 20.7 Å². The first-order chi connectivity index (χ1) is 18.4. The SMILES string of the molecule is Cc1c(Oc2ccc(C(=O)C(=O)Nc3ccc(N4CCC(C)CC4)c(C(F)(F)F)c3)cc2)ccnc1C(N)=O. The van der Waals surface area contributed by atoms with Gasteiger partial charge in [0.25, 0.3) is 17.6 Å². The number of hydrogen-bond donors (Lipinski definition) is 2. The van der Waals surface area contributed by atoms with Gasteiger partial charge in [0.2, 0.25) is 0 Å². The minimum absolute atomic E-state index is 0.0132. The first kappa shape index (κ1) is 27.6. The number of Topliss-reactive ketones (excluding diaryl/α,β-unsaturated/α-hetero) is 1. The Morgan fingerprint density at radius 1 is 1.05 bits per heavy atom. The van der Waals surface area contributed by atoms with E-state index in [0.29, 0.717) is 36.1 Å². The van der Waals surface area contributed by atoms with Gasteiger partial charge in [-0.25, -0.2) is 0 Å². The number of benzene rings is 2. The fourth-order valence-corrected chi connectivity index (χ4v) is 4.36. The van der Waals surface area contributed by atoms with Gasteiger partial charge in [-0.05, 0) is 74.2 Å². The Bertz CT molecular complexity index is 1400. The van der Waals surface area contributed by atoms with Crippen LogP contribution in [0.15, 0.2) is 54.7 Å². The number of rotatable bonds is 7. The molecule has 0 radical (unpaired) electrons.